The summed E-state index contributed by atoms with van der Waals surface area (Å²) in [5.41, 5.74) is 0.129. The molecular formula is C45H92NO3P. The van der Waals surface area contributed by atoms with Gasteiger partial charge in [-0.3, -0.25) is 0 Å². The molecule has 0 bridgehead atoms. The van der Waals surface area contributed by atoms with Crippen LogP contribution in [0.3, 0.4) is 0 Å². The van der Waals surface area contributed by atoms with Crippen LogP contribution in [0.25, 0.3) is 0 Å². The molecule has 0 aromatic rings. The molecule has 1 aliphatic heterocycles. The highest BCUT2D eigenvalue weighted by Gasteiger charge is 2.39. The van der Waals surface area contributed by atoms with Crippen molar-refractivity contribution in [3.63, 3.8) is 0 Å². The van der Waals surface area contributed by atoms with Crippen molar-refractivity contribution in [3.05, 3.63) is 0 Å². The standard InChI is InChI=1S/C45H92NO3P/c1-7-9-11-13-15-17-19-21-23-25-27-29-31-33-35-37-39-47-50(49-43-41-44(3,4)46-45(5,6)42-43)48-40-38-36-34-32-30-28-26-24-22-20-18-16-14-12-10-8-2/h43,46H,7-42H2,1-6H3. The van der Waals surface area contributed by atoms with E-state index >= 15 is 0 Å². The van der Waals surface area contributed by atoms with E-state index in [1.807, 2.05) is 0 Å². The minimum absolute atomic E-state index is 0.0647. The summed E-state index contributed by atoms with van der Waals surface area (Å²) in [7, 11) is -1.28. The Bertz CT molecular complexity index is 648. The smallest absolute Gasteiger partial charge is 0.312 e. The lowest BCUT2D eigenvalue weighted by atomic mass is 9.81. The maximum atomic E-state index is 6.60. The molecule has 0 aromatic heterocycles. The molecular weight excluding hydrogens is 633 g/mol. The number of nitrogens with one attached hydrogen (secondary N) is 1. The Morgan fingerprint density at radius 3 is 0.900 bits per heavy atom. The van der Waals surface area contributed by atoms with Crippen molar-refractivity contribution in [3.8, 4) is 0 Å². The van der Waals surface area contributed by atoms with E-state index < -0.39 is 8.60 Å². The summed E-state index contributed by atoms with van der Waals surface area (Å²) in [6.07, 6.45) is 46.7. The second kappa shape index (κ2) is 33.8. The van der Waals surface area contributed by atoms with Crippen molar-refractivity contribution in [2.24, 2.45) is 0 Å². The third-order valence-corrected chi connectivity index (χ3v) is 12.0. The summed E-state index contributed by atoms with van der Waals surface area (Å²) in [6.45, 7) is 15.3. The van der Waals surface area contributed by atoms with Crippen LogP contribution in [0.5, 0.6) is 0 Å². The van der Waals surface area contributed by atoms with Crippen LogP contribution in [0.1, 0.15) is 260 Å². The van der Waals surface area contributed by atoms with Crippen LogP contribution in [0.15, 0.2) is 0 Å². The molecule has 0 aliphatic carbocycles. The van der Waals surface area contributed by atoms with E-state index in [-0.39, 0.29) is 17.2 Å². The van der Waals surface area contributed by atoms with Crippen LogP contribution in [0.2, 0.25) is 0 Å². The molecule has 0 saturated carbocycles. The highest BCUT2D eigenvalue weighted by Crippen LogP contribution is 2.45. The quantitative estimate of drug-likeness (QED) is 0.0508. The number of unbranched alkanes of at least 4 members (excludes halogenated alkanes) is 30. The molecule has 0 radical (unpaired) electrons. The SMILES string of the molecule is CCCCCCCCCCCCCCCCCCOP(OCCCCCCCCCCCCCCCCCC)OC1CC(C)(C)NC(C)(C)C1. The second-order valence-electron chi connectivity index (χ2n) is 17.5. The first kappa shape index (κ1) is 48.3. The first-order chi connectivity index (χ1) is 24.3. The molecule has 0 atom stereocenters. The first-order valence-corrected chi connectivity index (χ1v) is 23.9. The van der Waals surface area contributed by atoms with E-state index in [1.165, 1.54) is 193 Å². The van der Waals surface area contributed by atoms with Gasteiger partial charge in [0.2, 0.25) is 0 Å². The lowest BCUT2D eigenvalue weighted by molar-refractivity contribution is 0.0340. The van der Waals surface area contributed by atoms with Crippen molar-refractivity contribution in [1.82, 2.24) is 5.32 Å². The predicted octanol–water partition coefficient (Wildman–Crippen LogP) is 16.1. The topological polar surface area (TPSA) is 39.7 Å². The summed E-state index contributed by atoms with van der Waals surface area (Å²) in [5.74, 6) is 0. The van der Waals surface area contributed by atoms with E-state index in [4.69, 9.17) is 13.6 Å². The van der Waals surface area contributed by atoms with Gasteiger partial charge in [-0.2, -0.15) is 0 Å². The van der Waals surface area contributed by atoms with Gasteiger partial charge in [-0.05, 0) is 53.4 Å². The first-order valence-electron chi connectivity index (χ1n) is 22.8. The predicted molar refractivity (Wildman–Crippen MR) is 223 cm³/mol. The maximum absolute atomic E-state index is 6.60. The van der Waals surface area contributed by atoms with E-state index in [2.05, 4.69) is 46.9 Å². The van der Waals surface area contributed by atoms with E-state index in [9.17, 15) is 0 Å². The van der Waals surface area contributed by atoms with Crippen molar-refractivity contribution >= 4 is 8.60 Å². The van der Waals surface area contributed by atoms with Gasteiger partial charge in [0.1, 0.15) is 0 Å². The van der Waals surface area contributed by atoms with Gasteiger partial charge in [0.05, 0.1) is 19.3 Å². The Labute approximate surface area is 316 Å². The van der Waals surface area contributed by atoms with Gasteiger partial charge >= 0.3 is 8.60 Å². The minimum atomic E-state index is -1.28. The minimum Gasteiger partial charge on any atom is -0.312 e. The average Bonchev–Trinajstić information content (AvgIpc) is 3.06. The molecule has 1 N–H and O–H groups in total. The molecule has 4 nitrogen and oxygen atoms in total. The van der Waals surface area contributed by atoms with Crippen molar-refractivity contribution in [1.29, 1.82) is 0 Å². The van der Waals surface area contributed by atoms with E-state index in [0.717, 1.165) is 38.9 Å². The van der Waals surface area contributed by atoms with Gasteiger partial charge in [0.25, 0.3) is 0 Å². The zero-order chi connectivity index (χ0) is 36.4. The molecule has 0 unspecified atom stereocenters. The Morgan fingerprint density at radius 2 is 0.640 bits per heavy atom. The van der Waals surface area contributed by atoms with Crippen LogP contribution in [0.4, 0.5) is 0 Å². The Kier molecular flexibility index (Phi) is 32.7. The van der Waals surface area contributed by atoms with Crippen molar-refractivity contribution < 1.29 is 13.6 Å². The molecule has 1 aliphatic rings. The summed E-state index contributed by atoms with van der Waals surface area (Å²) in [6, 6.07) is 0. The van der Waals surface area contributed by atoms with Crippen molar-refractivity contribution in [2.75, 3.05) is 13.2 Å². The maximum Gasteiger partial charge on any atom is 0.332 e. The highest BCUT2D eigenvalue weighted by atomic mass is 31.2. The fraction of sp³-hybridized carbons (Fsp3) is 1.00. The summed E-state index contributed by atoms with van der Waals surface area (Å²) in [4.78, 5) is 0. The van der Waals surface area contributed by atoms with Crippen LogP contribution in [-0.4, -0.2) is 30.4 Å². The molecule has 1 fully saturated rings. The van der Waals surface area contributed by atoms with Gasteiger partial charge < -0.3 is 18.9 Å². The van der Waals surface area contributed by atoms with Crippen LogP contribution in [-0.2, 0) is 13.6 Å². The number of hydrogen-bond acceptors (Lipinski definition) is 4. The van der Waals surface area contributed by atoms with Gasteiger partial charge in [-0.25, -0.2) is 0 Å². The molecule has 1 heterocycles. The Morgan fingerprint density at radius 1 is 0.400 bits per heavy atom. The van der Waals surface area contributed by atoms with Gasteiger partial charge in [0, 0.05) is 11.1 Å². The molecule has 0 aromatic carbocycles. The number of rotatable bonds is 38. The second-order valence-corrected chi connectivity index (χ2v) is 18.7. The summed E-state index contributed by atoms with van der Waals surface area (Å²) in [5, 5.41) is 3.79. The molecule has 300 valence electrons. The summed E-state index contributed by atoms with van der Waals surface area (Å²) < 4.78 is 19.3. The normalized spacial score (nSPS) is 16.1. The molecule has 50 heavy (non-hydrogen) atoms. The Hall–Kier alpha value is 0.270. The Balaban J connectivity index is 2.13. The zero-order valence-electron chi connectivity index (χ0n) is 35.2. The molecule has 0 spiro atoms. The zero-order valence-corrected chi connectivity index (χ0v) is 36.1. The van der Waals surface area contributed by atoms with Gasteiger partial charge in [0.15, 0.2) is 0 Å². The highest BCUT2D eigenvalue weighted by molar-refractivity contribution is 7.41. The lowest BCUT2D eigenvalue weighted by Crippen LogP contribution is -2.59. The molecule has 1 saturated heterocycles. The third-order valence-electron chi connectivity index (χ3n) is 10.8. The van der Waals surface area contributed by atoms with E-state index in [1.54, 1.807) is 0 Å². The largest absolute Gasteiger partial charge is 0.332 e. The average molecular weight is 726 g/mol. The third kappa shape index (κ3) is 31.8. The lowest BCUT2D eigenvalue weighted by Gasteiger charge is -2.46. The van der Waals surface area contributed by atoms with Gasteiger partial charge in [-0.15, -0.1) is 0 Å². The molecule has 1 rings (SSSR count). The van der Waals surface area contributed by atoms with Gasteiger partial charge in [-0.1, -0.05) is 206 Å². The van der Waals surface area contributed by atoms with Crippen LogP contribution in [0, 0.1) is 0 Å². The van der Waals surface area contributed by atoms with Crippen molar-refractivity contribution in [2.45, 2.75) is 277 Å². The molecule has 0 amide bonds. The summed E-state index contributed by atoms with van der Waals surface area (Å²) >= 11 is 0. The fourth-order valence-electron chi connectivity index (χ4n) is 8.10. The molecule has 5 heteroatoms. The van der Waals surface area contributed by atoms with Crippen LogP contribution >= 0.6 is 8.60 Å². The van der Waals surface area contributed by atoms with Crippen LogP contribution < -0.4 is 5.32 Å². The number of hydrogen-bond donors (Lipinski definition) is 1. The number of piperidine rings is 1. The fourth-order valence-corrected chi connectivity index (χ4v) is 9.25. The van der Waals surface area contributed by atoms with E-state index in [0.29, 0.717) is 0 Å². The monoisotopic (exact) mass is 726 g/mol.